The molecule has 3 aliphatic heterocycles. The maximum Gasteiger partial charge on any atom is 0.232 e. The van der Waals surface area contributed by atoms with Gasteiger partial charge in [-0.05, 0) is 112 Å². The number of nitrogens with zero attached hydrogens (tertiary/aromatic N) is 3. The molecule has 0 bridgehead atoms. The maximum absolute atomic E-state index is 13.9. The van der Waals surface area contributed by atoms with Crippen LogP contribution in [0, 0.1) is 5.92 Å². The van der Waals surface area contributed by atoms with Crippen LogP contribution in [0.25, 0.3) is 0 Å². The van der Waals surface area contributed by atoms with Gasteiger partial charge in [-0.15, -0.1) is 0 Å². The average Bonchev–Trinajstić information content (AvgIpc) is 3.00. The second-order valence-electron chi connectivity index (χ2n) is 13.3. The van der Waals surface area contributed by atoms with Crippen LogP contribution >= 0.6 is 11.6 Å². The number of benzene rings is 3. The van der Waals surface area contributed by atoms with E-state index in [2.05, 4.69) is 16.7 Å². The summed E-state index contributed by atoms with van der Waals surface area (Å²) in [6.07, 6.45) is 2.62. The maximum atomic E-state index is 13.9. The van der Waals surface area contributed by atoms with Gasteiger partial charge < -0.3 is 24.4 Å². The molecular formula is C37H46ClN3O4. The van der Waals surface area contributed by atoms with Crippen LogP contribution in [-0.4, -0.2) is 72.8 Å². The normalized spacial score (nSPS) is 21.4. The number of fused-ring (bicyclic) bond motifs is 1. The molecule has 3 aliphatic rings. The highest BCUT2D eigenvalue weighted by molar-refractivity contribution is 6.30. The van der Waals surface area contributed by atoms with Crippen molar-refractivity contribution in [3.05, 3.63) is 87.9 Å². The fraction of sp³-hybridized carbons (Fsp3) is 0.486. The molecule has 1 unspecified atom stereocenters. The number of amides is 1. The minimum atomic E-state index is -0.952. The molecule has 0 radical (unpaired) electrons. The zero-order valence-electron chi connectivity index (χ0n) is 27.1. The molecule has 3 heterocycles. The molecule has 3 aromatic rings. The molecule has 0 saturated carbocycles. The molecule has 2 atom stereocenters. The Labute approximate surface area is 272 Å². The Balaban J connectivity index is 1.27. The zero-order valence-corrected chi connectivity index (χ0v) is 27.9. The lowest BCUT2D eigenvalue weighted by molar-refractivity contribution is -0.118. The molecule has 6 rings (SSSR count). The van der Waals surface area contributed by atoms with E-state index in [0.29, 0.717) is 22.6 Å². The SMILES string of the molecule is CCN1CCC(N2CC(C(C)(O)c3ccc(N4C(=O)Cc5cc(OC)c(OC(C)C)cc5[C@@H]4c4ccc(Cl)cc4)cc3)C2)CC1. The van der Waals surface area contributed by atoms with Crippen LogP contribution < -0.4 is 14.4 Å². The highest BCUT2D eigenvalue weighted by atomic mass is 35.5. The van der Waals surface area contributed by atoms with Gasteiger partial charge in [0.15, 0.2) is 11.5 Å². The van der Waals surface area contributed by atoms with E-state index >= 15 is 0 Å². The number of ether oxygens (including phenoxy) is 2. The third-order valence-corrected chi connectivity index (χ3v) is 10.3. The Bertz CT molecular complexity index is 1490. The van der Waals surface area contributed by atoms with Crippen LogP contribution in [0.1, 0.15) is 68.8 Å². The summed E-state index contributed by atoms with van der Waals surface area (Å²) in [5, 5.41) is 12.4. The van der Waals surface area contributed by atoms with Gasteiger partial charge in [-0.25, -0.2) is 0 Å². The molecule has 2 fully saturated rings. The highest BCUT2D eigenvalue weighted by Crippen LogP contribution is 2.45. The number of aliphatic hydroxyl groups is 1. The number of hydrogen-bond acceptors (Lipinski definition) is 6. The number of anilines is 1. The molecule has 1 amide bonds. The number of halogens is 1. The predicted molar refractivity (Wildman–Crippen MR) is 179 cm³/mol. The predicted octanol–water partition coefficient (Wildman–Crippen LogP) is 6.44. The summed E-state index contributed by atoms with van der Waals surface area (Å²) in [4.78, 5) is 20.8. The van der Waals surface area contributed by atoms with Crippen LogP contribution in [0.15, 0.2) is 60.7 Å². The first kappa shape index (κ1) is 31.9. The van der Waals surface area contributed by atoms with Gasteiger partial charge in [0, 0.05) is 35.8 Å². The molecule has 0 aromatic heterocycles. The molecular weight excluding hydrogens is 586 g/mol. The Kier molecular flexibility index (Phi) is 9.17. The van der Waals surface area contributed by atoms with Gasteiger partial charge in [-0.3, -0.25) is 9.69 Å². The molecule has 0 spiro atoms. The van der Waals surface area contributed by atoms with Crippen LogP contribution in [0.5, 0.6) is 11.5 Å². The summed E-state index contributed by atoms with van der Waals surface area (Å²) >= 11 is 6.28. The summed E-state index contributed by atoms with van der Waals surface area (Å²) in [5.41, 5.74) is 3.56. The summed E-state index contributed by atoms with van der Waals surface area (Å²) in [6, 6.07) is 19.8. The monoisotopic (exact) mass is 631 g/mol. The van der Waals surface area contributed by atoms with E-state index in [1.165, 1.54) is 12.8 Å². The molecule has 2 saturated heterocycles. The topological polar surface area (TPSA) is 65.5 Å². The first-order chi connectivity index (χ1) is 21.6. The summed E-state index contributed by atoms with van der Waals surface area (Å²) in [7, 11) is 1.62. The van der Waals surface area contributed by atoms with Gasteiger partial charge in [-0.2, -0.15) is 0 Å². The van der Waals surface area contributed by atoms with Crippen molar-refractivity contribution in [3.8, 4) is 11.5 Å². The van der Waals surface area contributed by atoms with E-state index in [1.54, 1.807) is 7.11 Å². The first-order valence-corrected chi connectivity index (χ1v) is 16.7. The Morgan fingerprint density at radius 3 is 2.27 bits per heavy atom. The van der Waals surface area contributed by atoms with E-state index in [4.69, 9.17) is 21.1 Å². The Morgan fingerprint density at radius 2 is 1.67 bits per heavy atom. The van der Waals surface area contributed by atoms with Crippen LogP contribution in [0.2, 0.25) is 5.02 Å². The van der Waals surface area contributed by atoms with Crippen molar-refractivity contribution in [2.75, 3.05) is 44.7 Å². The molecule has 3 aromatic carbocycles. The van der Waals surface area contributed by atoms with Gasteiger partial charge >= 0.3 is 0 Å². The second-order valence-corrected chi connectivity index (χ2v) is 13.7. The number of piperidine rings is 1. The van der Waals surface area contributed by atoms with E-state index in [1.807, 2.05) is 86.3 Å². The van der Waals surface area contributed by atoms with E-state index in [0.717, 1.165) is 60.7 Å². The van der Waals surface area contributed by atoms with Gasteiger partial charge in [0.05, 0.1) is 31.3 Å². The molecule has 45 heavy (non-hydrogen) atoms. The smallest absolute Gasteiger partial charge is 0.232 e. The number of likely N-dealkylation sites (tertiary alicyclic amines) is 2. The minimum absolute atomic E-state index is 0.00898. The molecule has 0 aliphatic carbocycles. The Morgan fingerprint density at radius 1 is 1.00 bits per heavy atom. The van der Waals surface area contributed by atoms with Crippen molar-refractivity contribution in [3.63, 3.8) is 0 Å². The Hall–Kier alpha value is -3.10. The lowest BCUT2D eigenvalue weighted by atomic mass is 9.77. The van der Waals surface area contributed by atoms with E-state index < -0.39 is 5.60 Å². The van der Waals surface area contributed by atoms with E-state index in [9.17, 15) is 9.90 Å². The van der Waals surface area contributed by atoms with Crippen molar-refractivity contribution < 1.29 is 19.4 Å². The lowest BCUT2D eigenvalue weighted by Gasteiger charge is -2.51. The van der Waals surface area contributed by atoms with Gasteiger partial charge in [0.1, 0.15) is 0 Å². The zero-order chi connectivity index (χ0) is 31.9. The third kappa shape index (κ3) is 6.33. The molecule has 1 N–H and O–H groups in total. The number of rotatable bonds is 9. The highest BCUT2D eigenvalue weighted by Gasteiger charge is 2.44. The third-order valence-electron chi connectivity index (χ3n) is 10.1. The lowest BCUT2D eigenvalue weighted by Crippen LogP contribution is -2.60. The fourth-order valence-electron chi connectivity index (χ4n) is 7.29. The van der Waals surface area contributed by atoms with Gasteiger partial charge in [0.25, 0.3) is 0 Å². The second kappa shape index (κ2) is 13.0. The minimum Gasteiger partial charge on any atom is -0.493 e. The van der Waals surface area contributed by atoms with Gasteiger partial charge in [-0.1, -0.05) is 42.8 Å². The van der Waals surface area contributed by atoms with Crippen molar-refractivity contribution in [2.24, 2.45) is 5.92 Å². The quantitative estimate of drug-likeness (QED) is 0.293. The van der Waals surface area contributed by atoms with Crippen LogP contribution in [0.4, 0.5) is 5.69 Å². The number of carbonyl (C=O) groups excluding carboxylic acids is 1. The van der Waals surface area contributed by atoms with Crippen LogP contribution in [-0.2, 0) is 16.8 Å². The van der Waals surface area contributed by atoms with E-state index in [-0.39, 0.29) is 30.4 Å². The number of methoxy groups -OCH3 is 1. The van der Waals surface area contributed by atoms with Crippen molar-refractivity contribution in [1.82, 2.24) is 9.80 Å². The van der Waals surface area contributed by atoms with Crippen molar-refractivity contribution >= 4 is 23.2 Å². The molecule has 8 heteroatoms. The summed E-state index contributed by atoms with van der Waals surface area (Å²) < 4.78 is 11.8. The summed E-state index contributed by atoms with van der Waals surface area (Å²) in [5.74, 6) is 1.43. The number of carbonyl (C=O) groups is 1. The first-order valence-electron chi connectivity index (χ1n) is 16.3. The molecule has 7 nitrogen and oxygen atoms in total. The molecule has 240 valence electrons. The average molecular weight is 632 g/mol. The fourth-order valence-corrected chi connectivity index (χ4v) is 7.42. The standard InChI is InChI=1S/C37H46ClN3O4/c1-6-39-17-15-30(16-18-39)40-22-28(23-40)37(4,43)27-9-13-31(14-10-27)41-35(42)20-26-19-33(44-5)34(45-24(2)3)21-32(26)36(41)25-7-11-29(38)12-8-25/h7-14,19,21,24,28,30,36,43H,6,15-18,20,22-23H2,1-5H3/t36-,37?/m0/s1. The van der Waals surface area contributed by atoms with Gasteiger partial charge in [0.2, 0.25) is 5.91 Å². The van der Waals surface area contributed by atoms with Crippen molar-refractivity contribution in [2.45, 2.75) is 70.7 Å². The number of hydrogen-bond donors (Lipinski definition) is 1. The largest absolute Gasteiger partial charge is 0.493 e. The van der Waals surface area contributed by atoms with Crippen LogP contribution in [0.3, 0.4) is 0 Å². The summed E-state index contributed by atoms with van der Waals surface area (Å²) in [6.45, 7) is 13.4. The van der Waals surface area contributed by atoms with Crippen molar-refractivity contribution in [1.29, 1.82) is 0 Å².